The summed E-state index contributed by atoms with van der Waals surface area (Å²) in [5, 5.41) is 15.6. The van der Waals surface area contributed by atoms with Gasteiger partial charge in [-0.25, -0.2) is 13.8 Å². The zero-order valence-electron chi connectivity index (χ0n) is 17.7. The number of aryl methyl sites for hydroxylation is 1. The van der Waals surface area contributed by atoms with Gasteiger partial charge >= 0.3 is 0 Å². The predicted molar refractivity (Wildman–Crippen MR) is 121 cm³/mol. The summed E-state index contributed by atoms with van der Waals surface area (Å²) in [6.07, 6.45) is 1.21. The Morgan fingerprint density at radius 2 is 2.03 bits per heavy atom. The van der Waals surface area contributed by atoms with Crippen LogP contribution in [0.3, 0.4) is 0 Å². The normalized spacial score (nSPS) is 15.2. The first-order valence-electron chi connectivity index (χ1n) is 10.3. The van der Waals surface area contributed by atoms with Crippen molar-refractivity contribution in [1.82, 2.24) is 25.0 Å². The molecule has 4 rings (SSSR count). The molecule has 1 saturated heterocycles. The molecule has 0 unspecified atom stereocenters. The van der Waals surface area contributed by atoms with Gasteiger partial charge in [-0.3, -0.25) is 4.90 Å². The van der Waals surface area contributed by atoms with Gasteiger partial charge in [0.25, 0.3) is 6.43 Å². The molecule has 0 aliphatic carbocycles. The fourth-order valence-electron chi connectivity index (χ4n) is 3.93. The van der Waals surface area contributed by atoms with Crippen LogP contribution in [-0.2, 0) is 0 Å². The number of rotatable bonds is 7. The number of pyridine rings is 1. The van der Waals surface area contributed by atoms with Crippen LogP contribution in [0.4, 0.5) is 14.6 Å². The molecule has 1 aliphatic heterocycles. The Morgan fingerprint density at radius 3 is 2.71 bits per heavy atom. The van der Waals surface area contributed by atoms with Crippen LogP contribution in [0.2, 0.25) is 0 Å². The summed E-state index contributed by atoms with van der Waals surface area (Å²) < 4.78 is 25.3. The van der Waals surface area contributed by atoms with Crippen LogP contribution in [-0.4, -0.2) is 64.1 Å². The van der Waals surface area contributed by atoms with Gasteiger partial charge in [-0.1, -0.05) is 30.0 Å². The van der Waals surface area contributed by atoms with Crippen molar-refractivity contribution in [3.63, 3.8) is 0 Å². The molecule has 3 heterocycles. The van der Waals surface area contributed by atoms with Crippen molar-refractivity contribution >= 4 is 27.9 Å². The summed E-state index contributed by atoms with van der Waals surface area (Å²) in [5.74, 6) is 1.50. The number of likely N-dealkylation sites (tertiary alicyclic amines) is 1. The Labute approximate surface area is 184 Å². The summed E-state index contributed by atoms with van der Waals surface area (Å²) >= 11 is 1.57. The Hall–Kier alpha value is -2.65. The number of nitrogens with one attached hydrogen (secondary N) is 1. The van der Waals surface area contributed by atoms with Crippen molar-refractivity contribution in [1.29, 1.82) is 0 Å². The second-order valence-electron chi connectivity index (χ2n) is 7.88. The molecular weight excluding hydrogens is 418 g/mol. The van der Waals surface area contributed by atoms with Gasteiger partial charge in [0.2, 0.25) is 0 Å². The van der Waals surface area contributed by atoms with Crippen LogP contribution < -0.4 is 5.32 Å². The minimum absolute atomic E-state index is 0.177. The number of aromatic nitrogens is 3. The average Bonchev–Trinajstić information content (AvgIpc) is 3.19. The number of hydrogen-bond donors (Lipinski definition) is 1. The number of hydrogen-bond acceptors (Lipinski definition) is 7. The van der Waals surface area contributed by atoms with E-state index in [4.69, 9.17) is 0 Å². The zero-order chi connectivity index (χ0) is 22.0. The number of piperidine rings is 1. The molecule has 31 heavy (non-hydrogen) atoms. The fourth-order valence-corrected chi connectivity index (χ4v) is 4.61. The fraction of sp³-hybridized carbons (Fsp3) is 0.409. The number of nitrogens with zero attached hydrogens (tertiary/aromatic N) is 5. The minimum atomic E-state index is -2.30. The minimum Gasteiger partial charge on any atom is -0.359 e. The van der Waals surface area contributed by atoms with Crippen molar-refractivity contribution in [2.75, 3.05) is 32.0 Å². The largest absolute Gasteiger partial charge is 0.359 e. The van der Waals surface area contributed by atoms with Crippen LogP contribution in [0.25, 0.3) is 21.3 Å². The Balaban J connectivity index is 1.41. The lowest BCUT2D eigenvalue weighted by Gasteiger charge is -2.38. The van der Waals surface area contributed by atoms with Gasteiger partial charge in [0, 0.05) is 36.3 Å². The van der Waals surface area contributed by atoms with Crippen LogP contribution in [0, 0.1) is 6.92 Å². The molecule has 0 atom stereocenters. The van der Waals surface area contributed by atoms with E-state index in [1.54, 1.807) is 23.3 Å². The molecule has 1 aromatic carbocycles. The highest BCUT2D eigenvalue weighted by Crippen LogP contribution is 2.28. The molecule has 1 N–H and O–H groups in total. The van der Waals surface area contributed by atoms with Gasteiger partial charge < -0.3 is 10.2 Å². The van der Waals surface area contributed by atoms with Crippen LogP contribution in [0.1, 0.15) is 17.8 Å². The number of anilines is 1. The van der Waals surface area contributed by atoms with Crippen LogP contribution >= 0.6 is 11.3 Å². The SMILES string of the molecule is C=C(Nc1cc2cc(-c3nnc(C)s3)ccc2cn1)N1CCC(N(C)CC(F)F)CC1. The maximum Gasteiger partial charge on any atom is 0.251 e. The van der Waals surface area contributed by atoms with Gasteiger partial charge in [-0.15, -0.1) is 10.2 Å². The highest BCUT2D eigenvalue weighted by atomic mass is 32.1. The first-order valence-corrected chi connectivity index (χ1v) is 11.1. The quantitative estimate of drug-likeness (QED) is 0.575. The maximum absolute atomic E-state index is 12.6. The van der Waals surface area contributed by atoms with Crippen LogP contribution in [0.15, 0.2) is 42.9 Å². The molecule has 2 aromatic heterocycles. The zero-order valence-corrected chi connectivity index (χ0v) is 18.5. The van der Waals surface area contributed by atoms with Crippen molar-refractivity contribution in [2.24, 2.45) is 0 Å². The van der Waals surface area contributed by atoms with Crippen molar-refractivity contribution in [3.8, 4) is 10.6 Å². The smallest absolute Gasteiger partial charge is 0.251 e. The topological polar surface area (TPSA) is 57.2 Å². The van der Waals surface area contributed by atoms with Crippen molar-refractivity contribution in [3.05, 3.63) is 47.9 Å². The highest BCUT2D eigenvalue weighted by molar-refractivity contribution is 7.14. The van der Waals surface area contributed by atoms with E-state index in [9.17, 15) is 8.78 Å². The Kier molecular flexibility index (Phi) is 6.43. The van der Waals surface area contributed by atoms with Crippen molar-refractivity contribution < 1.29 is 8.78 Å². The van der Waals surface area contributed by atoms with Crippen molar-refractivity contribution in [2.45, 2.75) is 32.2 Å². The molecule has 1 aliphatic rings. The van der Waals surface area contributed by atoms with E-state index in [1.165, 1.54) is 0 Å². The second-order valence-corrected chi connectivity index (χ2v) is 9.06. The number of fused-ring (bicyclic) bond motifs is 1. The predicted octanol–water partition coefficient (Wildman–Crippen LogP) is 4.61. The van der Waals surface area contributed by atoms with Gasteiger partial charge in [0.1, 0.15) is 15.8 Å². The standard InChI is InChI=1S/C22H26F2N6S/c1-14(30-8-6-19(7-9-30)29(3)13-20(23)24)26-21-11-18-10-16(4-5-17(18)12-25-21)22-28-27-15(2)31-22/h4-5,10-12,19-20H,1,6-9,13H2,2-3H3,(H,25,26). The summed E-state index contributed by atoms with van der Waals surface area (Å²) in [6.45, 7) is 7.48. The van der Waals surface area contributed by atoms with Gasteiger partial charge in [-0.05, 0) is 44.3 Å². The Bertz CT molecular complexity index is 1060. The lowest BCUT2D eigenvalue weighted by molar-refractivity contribution is 0.0625. The van der Waals surface area contributed by atoms with Crippen LogP contribution in [0.5, 0.6) is 0 Å². The molecule has 0 spiro atoms. The summed E-state index contributed by atoms with van der Waals surface area (Å²) in [7, 11) is 1.77. The number of alkyl halides is 2. The van der Waals surface area contributed by atoms with E-state index in [2.05, 4.69) is 38.0 Å². The van der Waals surface area contributed by atoms with Gasteiger partial charge in [0.05, 0.1) is 12.4 Å². The molecule has 0 saturated carbocycles. The van der Waals surface area contributed by atoms with Gasteiger partial charge in [-0.2, -0.15) is 0 Å². The van der Waals surface area contributed by atoms with E-state index in [0.29, 0.717) is 0 Å². The summed E-state index contributed by atoms with van der Waals surface area (Å²) in [5.41, 5.74) is 1.03. The molecule has 1 fully saturated rings. The van der Waals surface area contributed by atoms with E-state index < -0.39 is 6.43 Å². The van der Waals surface area contributed by atoms with E-state index in [1.807, 2.05) is 31.3 Å². The van der Waals surface area contributed by atoms with E-state index in [0.717, 1.165) is 63.9 Å². The first-order chi connectivity index (χ1) is 14.9. The molecular formula is C22H26F2N6S. The molecule has 6 nitrogen and oxygen atoms in total. The monoisotopic (exact) mass is 444 g/mol. The molecule has 0 amide bonds. The highest BCUT2D eigenvalue weighted by Gasteiger charge is 2.24. The number of halogens is 2. The Morgan fingerprint density at radius 1 is 1.26 bits per heavy atom. The third-order valence-corrected chi connectivity index (χ3v) is 6.55. The van der Waals surface area contributed by atoms with Gasteiger partial charge in [0.15, 0.2) is 0 Å². The average molecular weight is 445 g/mol. The summed E-state index contributed by atoms with van der Waals surface area (Å²) in [4.78, 5) is 8.42. The van der Waals surface area contributed by atoms with E-state index >= 15 is 0 Å². The first kappa shape index (κ1) is 21.6. The lowest BCUT2D eigenvalue weighted by atomic mass is 10.0. The maximum atomic E-state index is 12.6. The second kappa shape index (κ2) is 9.23. The third-order valence-electron chi connectivity index (χ3n) is 5.66. The van der Waals surface area contributed by atoms with E-state index in [-0.39, 0.29) is 12.6 Å². The third kappa shape index (κ3) is 5.16. The molecule has 0 radical (unpaired) electrons. The lowest BCUT2D eigenvalue weighted by Crippen LogP contribution is -2.45. The molecule has 0 bridgehead atoms. The molecule has 3 aromatic rings. The summed E-state index contributed by atoms with van der Waals surface area (Å²) in [6, 6.07) is 8.34. The molecule has 164 valence electrons. The number of benzene rings is 1. The molecule has 9 heteroatoms.